The molecule has 2 heterocycles. The monoisotopic (exact) mass is 420 g/mol. The molecule has 6 nitrogen and oxygen atoms in total. The minimum absolute atomic E-state index is 0.0214. The zero-order valence-corrected chi connectivity index (χ0v) is 16.8. The Balaban J connectivity index is 1.47. The van der Waals surface area contributed by atoms with Gasteiger partial charge in [0.05, 0.1) is 12.7 Å². The Bertz CT molecular complexity index is 914. The van der Waals surface area contributed by atoms with Crippen LogP contribution in [0.2, 0.25) is 5.02 Å². The SMILES string of the molecule is Cc1cnc(NC2CC(F)(F)C2)nc1N1C=CN(C(CN)c2cccc(Cl)c2)C1. The molecule has 9 heteroatoms. The molecule has 0 spiro atoms. The number of alkyl halides is 2. The van der Waals surface area contributed by atoms with Crippen molar-refractivity contribution in [1.29, 1.82) is 0 Å². The minimum Gasteiger partial charge on any atom is -0.351 e. The maximum Gasteiger partial charge on any atom is 0.252 e. The lowest BCUT2D eigenvalue weighted by atomic mass is 9.88. The molecule has 3 N–H and O–H groups in total. The molecule has 1 saturated carbocycles. The molecule has 154 valence electrons. The van der Waals surface area contributed by atoms with E-state index in [2.05, 4.69) is 20.2 Å². The highest BCUT2D eigenvalue weighted by Crippen LogP contribution is 2.39. The number of hydrogen-bond acceptors (Lipinski definition) is 6. The highest BCUT2D eigenvalue weighted by Gasteiger charge is 2.45. The van der Waals surface area contributed by atoms with Gasteiger partial charge in [-0.3, -0.25) is 0 Å². The summed E-state index contributed by atoms with van der Waals surface area (Å²) in [6, 6.07) is 7.35. The fourth-order valence-electron chi connectivity index (χ4n) is 3.69. The number of halogens is 3. The molecule has 29 heavy (non-hydrogen) atoms. The number of aryl methyl sites for hydroxylation is 1. The number of nitrogens with one attached hydrogen (secondary N) is 1. The average molecular weight is 421 g/mol. The maximum atomic E-state index is 13.1. The van der Waals surface area contributed by atoms with Crippen molar-refractivity contribution in [3.05, 3.63) is 59.0 Å². The molecule has 0 bridgehead atoms. The number of rotatable bonds is 6. The molecule has 2 aromatic rings. The third kappa shape index (κ3) is 4.28. The molecule has 1 aromatic carbocycles. The molecule has 1 atom stereocenters. The lowest BCUT2D eigenvalue weighted by molar-refractivity contribution is -0.0794. The molecule has 0 radical (unpaired) electrons. The standard InChI is InChI=1S/C20H23ClF2N6/c1-13-11-25-19(26-16-8-20(22,23)9-16)27-18(13)29-6-5-28(12-29)17(10-24)14-3-2-4-15(21)7-14/h2-7,11,16-17H,8-10,12,24H2,1H3,(H,25,26,27). The quantitative estimate of drug-likeness (QED) is 0.738. The Hall–Kier alpha value is -2.45. The predicted octanol–water partition coefficient (Wildman–Crippen LogP) is 3.90. The largest absolute Gasteiger partial charge is 0.351 e. The van der Waals surface area contributed by atoms with Gasteiger partial charge < -0.3 is 20.9 Å². The normalized spacial score (nSPS) is 19.3. The number of aromatic nitrogens is 2. The Kier molecular flexibility index (Phi) is 5.31. The van der Waals surface area contributed by atoms with Gasteiger partial charge in [-0.15, -0.1) is 0 Å². The second-order valence-electron chi connectivity index (χ2n) is 7.54. The Labute approximate surface area is 173 Å². The van der Waals surface area contributed by atoms with Crippen molar-refractivity contribution in [2.75, 3.05) is 23.4 Å². The summed E-state index contributed by atoms with van der Waals surface area (Å²) in [7, 11) is 0. The van der Waals surface area contributed by atoms with Gasteiger partial charge in [0, 0.05) is 54.6 Å². The van der Waals surface area contributed by atoms with Gasteiger partial charge in [0.1, 0.15) is 5.82 Å². The van der Waals surface area contributed by atoms with Crippen molar-refractivity contribution in [3.8, 4) is 0 Å². The van der Waals surface area contributed by atoms with Crippen LogP contribution in [0.25, 0.3) is 0 Å². The zero-order valence-electron chi connectivity index (χ0n) is 16.0. The van der Waals surface area contributed by atoms with E-state index < -0.39 is 5.92 Å². The molecule has 1 fully saturated rings. The van der Waals surface area contributed by atoms with Crippen LogP contribution in [0.1, 0.15) is 30.0 Å². The summed E-state index contributed by atoms with van der Waals surface area (Å²) in [6.07, 6.45) is 5.24. The average Bonchev–Trinajstić information content (AvgIpc) is 3.12. The second kappa shape index (κ2) is 7.76. The molecule has 1 unspecified atom stereocenters. The summed E-state index contributed by atoms with van der Waals surface area (Å²) in [5.41, 5.74) is 7.97. The van der Waals surface area contributed by atoms with Gasteiger partial charge in [0.25, 0.3) is 5.92 Å². The molecule has 4 rings (SSSR count). The van der Waals surface area contributed by atoms with Gasteiger partial charge in [-0.05, 0) is 24.6 Å². The number of nitrogens with zero attached hydrogens (tertiary/aromatic N) is 4. The van der Waals surface area contributed by atoms with Crippen molar-refractivity contribution in [2.24, 2.45) is 5.73 Å². The summed E-state index contributed by atoms with van der Waals surface area (Å²) >= 11 is 6.13. The lowest BCUT2D eigenvalue weighted by Gasteiger charge is -2.35. The van der Waals surface area contributed by atoms with E-state index in [-0.39, 0.29) is 24.9 Å². The van der Waals surface area contributed by atoms with Crippen LogP contribution >= 0.6 is 11.6 Å². The van der Waals surface area contributed by atoms with Crippen molar-refractivity contribution in [1.82, 2.24) is 14.9 Å². The van der Waals surface area contributed by atoms with Gasteiger partial charge in [-0.2, -0.15) is 4.98 Å². The van der Waals surface area contributed by atoms with Gasteiger partial charge in [-0.25, -0.2) is 13.8 Å². The number of hydrogen-bond donors (Lipinski definition) is 2. The van der Waals surface area contributed by atoms with E-state index in [1.54, 1.807) is 6.20 Å². The van der Waals surface area contributed by atoms with E-state index >= 15 is 0 Å². The molecular weight excluding hydrogens is 398 g/mol. The fraction of sp³-hybridized carbons (Fsp3) is 0.400. The van der Waals surface area contributed by atoms with Crippen LogP contribution < -0.4 is 16.0 Å². The topological polar surface area (TPSA) is 70.3 Å². The van der Waals surface area contributed by atoms with Gasteiger partial charge in [0.2, 0.25) is 5.95 Å². The van der Waals surface area contributed by atoms with Crippen LogP contribution in [0.3, 0.4) is 0 Å². The first-order chi connectivity index (χ1) is 13.8. The minimum atomic E-state index is -2.58. The van der Waals surface area contributed by atoms with Crippen molar-refractivity contribution < 1.29 is 8.78 Å². The van der Waals surface area contributed by atoms with E-state index in [1.165, 1.54) is 0 Å². The van der Waals surface area contributed by atoms with Crippen LogP contribution in [-0.4, -0.2) is 40.0 Å². The summed E-state index contributed by atoms with van der Waals surface area (Å²) in [6.45, 7) is 2.92. The Morgan fingerprint density at radius 1 is 1.34 bits per heavy atom. The van der Waals surface area contributed by atoms with Crippen LogP contribution in [0, 0.1) is 6.92 Å². The van der Waals surface area contributed by atoms with E-state index in [0.717, 1.165) is 16.9 Å². The highest BCUT2D eigenvalue weighted by atomic mass is 35.5. The van der Waals surface area contributed by atoms with Crippen LogP contribution in [0.15, 0.2) is 42.9 Å². The Morgan fingerprint density at radius 2 is 2.14 bits per heavy atom. The van der Waals surface area contributed by atoms with Crippen LogP contribution in [-0.2, 0) is 0 Å². The lowest BCUT2D eigenvalue weighted by Crippen LogP contribution is -2.44. The van der Waals surface area contributed by atoms with Crippen molar-refractivity contribution in [3.63, 3.8) is 0 Å². The Morgan fingerprint density at radius 3 is 2.83 bits per heavy atom. The van der Waals surface area contributed by atoms with E-state index in [9.17, 15) is 8.78 Å². The number of benzene rings is 1. The van der Waals surface area contributed by atoms with Crippen LogP contribution in [0.5, 0.6) is 0 Å². The molecule has 1 aliphatic carbocycles. The fourth-order valence-corrected chi connectivity index (χ4v) is 3.89. The van der Waals surface area contributed by atoms with E-state index in [0.29, 0.717) is 24.2 Å². The highest BCUT2D eigenvalue weighted by molar-refractivity contribution is 6.30. The molecule has 1 aromatic heterocycles. The third-order valence-electron chi connectivity index (χ3n) is 5.25. The first kappa shape index (κ1) is 19.8. The van der Waals surface area contributed by atoms with Crippen LogP contribution in [0.4, 0.5) is 20.5 Å². The third-order valence-corrected chi connectivity index (χ3v) is 5.49. The summed E-state index contributed by atoms with van der Waals surface area (Å²) in [5.74, 6) is -1.49. The zero-order chi connectivity index (χ0) is 20.6. The summed E-state index contributed by atoms with van der Waals surface area (Å²) < 4.78 is 26.2. The molecular formula is C20H23ClF2N6. The van der Waals surface area contributed by atoms with E-state index in [1.807, 2.05) is 48.5 Å². The predicted molar refractivity (Wildman–Crippen MR) is 110 cm³/mol. The first-order valence-electron chi connectivity index (χ1n) is 9.49. The first-order valence-corrected chi connectivity index (χ1v) is 9.87. The molecule has 1 aliphatic heterocycles. The summed E-state index contributed by atoms with van der Waals surface area (Å²) in [4.78, 5) is 12.9. The number of nitrogens with two attached hydrogens (primary N) is 1. The van der Waals surface area contributed by atoms with Gasteiger partial charge in [0.15, 0.2) is 0 Å². The van der Waals surface area contributed by atoms with Crippen molar-refractivity contribution >= 4 is 23.4 Å². The smallest absolute Gasteiger partial charge is 0.252 e. The van der Waals surface area contributed by atoms with E-state index in [4.69, 9.17) is 17.3 Å². The summed E-state index contributed by atoms with van der Waals surface area (Å²) in [5, 5.41) is 3.67. The second-order valence-corrected chi connectivity index (χ2v) is 7.97. The maximum absolute atomic E-state index is 13.1. The van der Waals surface area contributed by atoms with Gasteiger partial charge in [-0.1, -0.05) is 23.7 Å². The van der Waals surface area contributed by atoms with Gasteiger partial charge >= 0.3 is 0 Å². The number of anilines is 2. The molecule has 2 aliphatic rings. The molecule has 0 amide bonds. The van der Waals surface area contributed by atoms with Crippen molar-refractivity contribution in [2.45, 2.75) is 37.8 Å². The molecule has 0 saturated heterocycles.